The Morgan fingerprint density at radius 1 is 1.03 bits per heavy atom. The van der Waals surface area contributed by atoms with Crippen LogP contribution in [0, 0.1) is 0 Å². The van der Waals surface area contributed by atoms with Gasteiger partial charge in [0.2, 0.25) is 0 Å². The molecule has 4 rings (SSSR count). The normalized spacial score (nSPS) is 12.0. The van der Waals surface area contributed by atoms with Gasteiger partial charge in [-0.25, -0.2) is 0 Å². The third-order valence-electron chi connectivity index (χ3n) is 4.98. The van der Waals surface area contributed by atoms with Gasteiger partial charge in [0, 0.05) is 40.0 Å². The van der Waals surface area contributed by atoms with E-state index < -0.39 is 5.92 Å². The molecule has 156 valence electrons. The average molecular weight is 488 g/mol. The summed E-state index contributed by atoms with van der Waals surface area (Å²) in [6, 6.07) is 16.6. The number of Topliss-reactive ketones (excluding diaryl/α,β-unsaturated/α-hetero) is 1. The Morgan fingerprint density at radius 2 is 1.84 bits per heavy atom. The molecule has 2 aromatic heterocycles. The van der Waals surface area contributed by atoms with Crippen LogP contribution < -0.4 is 0 Å². The molecule has 0 radical (unpaired) electrons. The Labute approximate surface area is 199 Å². The minimum Gasteiger partial charge on any atom is -0.299 e. The number of halogens is 3. The molecule has 0 bridgehead atoms. The predicted octanol–water partition coefficient (Wildman–Crippen LogP) is 7.94. The van der Waals surface area contributed by atoms with E-state index in [4.69, 9.17) is 39.2 Å². The number of hydrogen-bond donors (Lipinski definition) is 0. The molecule has 0 aliphatic carbocycles. The molecule has 0 aliphatic heterocycles. The van der Waals surface area contributed by atoms with E-state index in [0.717, 1.165) is 27.1 Å². The van der Waals surface area contributed by atoms with Crippen LogP contribution in [0.15, 0.2) is 67.0 Å². The first-order valence-corrected chi connectivity index (χ1v) is 11.5. The molecule has 0 saturated heterocycles. The molecular weight excluding hydrogens is 471 g/mol. The zero-order valence-electron chi connectivity index (χ0n) is 16.5. The standard InChI is InChI=1S/C24H17Cl3N2OS/c1-2-20(30)21(15-6-4-10-28-13-15)22-23(18-9-8-17(26)12-19(18)27)29-31-24(22)14-5-3-7-16(25)11-14/h3-13,21H,2H2,1H3. The molecule has 0 aliphatic rings. The SMILES string of the molecule is CCC(=O)C(c1cccnc1)c1c(-c2ccc(Cl)cc2Cl)nsc1-c1cccc(Cl)c1. The lowest BCUT2D eigenvalue weighted by atomic mass is 9.84. The number of ketones is 1. The van der Waals surface area contributed by atoms with Crippen LogP contribution in [0.5, 0.6) is 0 Å². The van der Waals surface area contributed by atoms with Gasteiger partial charge in [0.1, 0.15) is 5.78 Å². The molecule has 0 saturated carbocycles. The highest BCUT2D eigenvalue weighted by atomic mass is 35.5. The van der Waals surface area contributed by atoms with E-state index in [-0.39, 0.29) is 5.78 Å². The summed E-state index contributed by atoms with van der Waals surface area (Å²) in [5.41, 5.74) is 3.90. The third kappa shape index (κ3) is 4.53. The first kappa shape index (κ1) is 22.0. The molecule has 0 N–H and O–H groups in total. The van der Waals surface area contributed by atoms with E-state index in [9.17, 15) is 4.79 Å². The van der Waals surface area contributed by atoms with Gasteiger partial charge >= 0.3 is 0 Å². The van der Waals surface area contributed by atoms with Crippen LogP contribution in [-0.4, -0.2) is 15.1 Å². The Bertz CT molecular complexity index is 1240. The van der Waals surface area contributed by atoms with Crippen LogP contribution >= 0.6 is 46.3 Å². The zero-order valence-corrected chi connectivity index (χ0v) is 19.6. The van der Waals surface area contributed by atoms with E-state index >= 15 is 0 Å². The minimum atomic E-state index is -0.534. The maximum absolute atomic E-state index is 13.3. The van der Waals surface area contributed by atoms with Crippen molar-refractivity contribution in [3.05, 3.63) is 93.2 Å². The highest BCUT2D eigenvalue weighted by Gasteiger charge is 2.31. The van der Waals surface area contributed by atoms with Gasteiger partial charge in [0.25, 0.3) is 0 Å². The Morgan fingerprint density at radius 3 is 2.52 bits per heavy atom. The van der Waals surface area contributed by atoms with Crippen LogP contribution in [0.4, 0.5) is 0 Å². The minimum absolute atomic E-state index is 0.0721. The number of carbonyl (C=O) groups is 1. The summed E-state index contributed by atoms with van der Waals surface area (Å²) >= 11 is 20.3. The van der Waals surface area contributed by atoms with Gasteiger partial charge < -0.3 is 0 Å². The van der Waals surface area contributed by atoms with Crippen LogP contribution in [0.1, 0.15) is 30.4 Å². The van der Waals surface area contributed by atoms with Crippen LogP contribution in [0.3, 0.4) is 0 Å². The topological polar surface area (TPSA) is 42.9 Å². The van der Waals surface area contributed by atoms with Crippen molar-refractivity contribution >= 4 is 52.1 Å². The molecule has 2 aromatic carbocycles. The second kappa shape index (κ2) is 9.49. The van der Waals surface area contributed by atoms with E-state index in [2.05, 4.69) is 4.98 Å². The van der Waals surface area contributed by atoms with Crippen LogP contribution in [0.25, 0.3) is 21.7 Å². The van der Waals surface area contributed by atoms with Gasteiger partial charge in [-0.05, 0) is 59.1 Å². The number of nitrogens with zero attached hydrogens (tertiary/aromatic N) is 2. The highest BCUT2D eigenvalue weighted by molar-refractivity contribution is 7.10. The van der Waals surface area contributed by atoms with Crippen LogP contribution in [-0.2, 0) is 4.79 Å². The van der Waals surface area contributed by atoms with Gasteiger partial charge in [-0.15, -0.1) is 0 Å². The summed E-state index contributed by atoms with van der Waals surface area (Å²) in [5.74, 6) is -0.462. The predicted molar refractivity (Wildman–Crippen MR) is 129 cm³/mol. The average Bonchev–Trinajstić information content (AvgIpc) is 3.19. The molecule has 0 fully saturated rings. The van der Waals surface area contributed by atoms with Crippen LogP contribution in [0.2, 0.25) is 15.1 Å². The monoisotopic (exact) mass is 486 g/mol. The second-order valence-corrected chi connectivity index (χ2v) is 9.00. The molecule has 1 atom stereocenters. The van der Waals surface area contributed by atoms with E-state index in [1.54, 1.807) is 24.5 Å². The van der Waals surface area contributed by atoms with Gasteiger partial charge in [0.15, 0.2) is 0 Å². The molecule has 0 spiro atoms. The number of rotatable bonds is 6. The summed E-state index contributed by atoms with van der Waals surface area (Å²) in [6.45, 7) is 1.86. The molecule has 0 amide bonds. The van der Waals surface area contributed by atoms with Gasteiger partial charge in [-0.1, -0.05) is 59.9 Å². The molecule has 7 heteroatoms. The van der Waals surface area contributed by atoms with E-state index in [1.807, 2.05) is 49.4 Å². The summed E-state index contributed by atoms with van der Waals surface area (Å²) < 4.78 is 4.74. The van der Waals surface area contributed by atoms with Gasteiger partial charge in [-0.2, -0.15) is 4.37 Å². The fourth-order valence-electron chi connectivity index (χ4n) is 3.54. The lowest BCUT2D eigenvalue weighted by Crippen LogP contribution is -2.14. The van der Waals surface area contributed by atoms with Gasteiger partial charge in [0.05, 0.1) is 21.5 Å². The number of carbonyl (C=O) groups excluding carboxylic acids is 1. The van der Waals surface area contributed by atoms with E-state index in [0.29, 0.717) is 27.2 Å². The fourth-order valence-corrected chi connectivity index (χ4v) is 5.16. The van der Waals surface area contributed by atoms with Gasteiger partial charge in [-0.3, -0.25) is 9.78 Å². The number of pyridine rings is 1. The van der Waals surface area contributed by atoms with Crippen molar-refractivity contribution in [2.75, 3.05) is 0 Å². The van der Waals surface area contributed by atoms with Crippen molar-refractivity contribution in [1.29, 1.82) is 0 Å². The molecule has 1 unspecified atom stereocenters. The fraction of sp³-hybridized carbons (Fsp3) is 0.125. The lowest BCUT2D eigenvalue weighted by molar-refractivity contribution is -0.119. The maximum Gasteiger partial charge on any atom is 0.144 e. The first-order valence-electron chi connectivity index (χ1n) is 9.63. The maximum atomic E-state index is 13.3. The quantitative estimate of drug-likeness (QED) is 0.277. The molecule has 4 aromatic rings. The molecule has 2 heterocycles. The van der Waals surface area contributed by atoms with E-state index in [1.165, 1.54) is 11.5 Å². The molecule has 31 heavy (non-hydrogen) atoms. The lowest BCUT2D eigenvalue weighted by Gasteiger charge is -2.19. The Kier molecular flexibility index (Phi) is 6.73. The third-order valence-corrected chi connectivity index (χ3v) is 6.67. The number of aromatic nitrogens is 2. The van der Waals surface area contributed by atoms with Crippen molar-refractivity contribution in [2.24, 2.45) is 0 Å². The largest absolute Gasteiger partial charge is 0.299 e. The molecule has 3 nitrogen and oxygen atoms in total. The van der Waals surface area contributed by atoms with Crippen molar-refractivity contribution in [3.8, 4) is 21.7 Å². The number of hydrogen-bond acceptors (Lipinski definition) is 4. The smallest absolute Gasteiger partial charge is 0.144 e. The molecular formula is C24H17Cl3N2OS. The summed E-state index contributed by atoms with van der Waals surface area (Å²) in [6.07, 6.45) is 3.79. The number of benzene rings is 2. The second-order valence-electron chi connectivity index (χ2n) is 6.95. The highest BCUT2D eigenvalue weighted by Crippen LogP contribution is 2.45. The Hall–Kier alpha value is -2.24. The van der Waals surface area contributed by atoms with Crippen molar-refractivity contribution < 1.29 is 4.79 Å². The summed E-state index contributed by atoms with van der Waals surface area (Å²) in [7, 11) is 0. The first-order chi connectivity index (χ1) is 15.0. The zero-order chi connectivity index (χ0) is 22.0. The van der Waals surface area contributed by atoms with Crippen molar-refractivity contribution in [1.82, 2.24) is 9.36 Å². The van der Waals surface area contributed by atoms with Crippen molar-refractivity contribution in [2.45, 2.75) is 19.3 Å². The summed E-state index contributed by atoms with van der Waals surface area (Å²) in [4.78, 5) is 18.4. The Balaban J connectivity index is 2.03. The van der Waals surface area contributed by atoms with Crippen molar-refractivity contribution in [3.63, 3.8) is 0 Å². The summed E-state index contributed by atoms with van der Waals surface area (Å²) in [5, 5.41) is 1.63.